The number of carbonyl (C=O) groups is 1. The number of aliphatic hydroxyl groups is 2. The van der Waals surface area contributed by atoms with Crippen molar-refractivity contribution in [3.63, 3.8) is 0 Å². The second-order valence-electron chi connectivity index (χ2n) is 11.3. The molecule has 14 nitrogen and oxygen atoms in total. The molecule has 50 heavy (non-hydrogen) atoms. The van der Waals surface area contributed by atoms with Gasteiger partial charge in [0, 0.05) is 24.8 Å². The Kier molecular flexibility index (Phi) is 11.8. The fraction of sp³-hybridized carbons (Fsp3) is 0.229. The van der Waals surface area contributed by atoms with Gasteiger partial charge in [0.2, 0.25) is 0 Å². The number of aromatic amines is 1. The third-order valence-electron chi connectivity index (χ3n) is 7.83. The van der Waals surface area contributed by atoms with Crippen molar-refractivity contribution in [3.05, 3.63) is 147 Å². The first-order chi connectivity index (χ1) is 24.0. The van der Waals surface area contributed by atoms with E-state index in [-0.39, 0.29) is 18.8 Å². The highest BCUT2D eigenvalue weighted by atomic mass is 31.2. The second-order valence-corrected chi connectivity index (χ2v) is 13.0. The van der Waals surface area contributed by atoms with Crippen LogP contribution in [0.4, 0.5) is 0 Å². The Bertz CT molecular complexity index is 2050. The predicted molar refractivity (Wildman–Crippen MR) is 184 cm³/mol. The molecule has 4 aromatic carbocycles. The van der Waals surface area contributed by atoms with E-state index in [2.05, 4.69) is 5.09 Å². The van der Waals surface area contributed by atoms with Gasteiger partial charge in [-0.25, -0.2) is 9.36 Å². The van der Waals surface area contributed by atoms with Gasteiger partial charge in [0.25, 0.3) is 5.56 Å². The van der Waals surface area contributed by atoms with Gasteiger partial charge in [0.05, 0.1) is 0 Å². The number of methoxy groups -OCH3 is 1. The van der Waals surface area contributed by atoms with E-state index in [0.717, 1.165) is 30.3 Å². The molecule has 6 N–H and O–H groups in total. The summed E-state index contributed by atoms with van der Waals surface area (Å²) in [4.78, 5) is 39.4. The summed E-state index contributed by atoms with van der Waals surface area (Å²) in [7, 11) is -3.58. The number of ether oxygens (including phenoxy) is 2. The van der Waals surface area contributed by atoms with Gasteiger partial charge in [0.15, 0.2) is 12.0 Å². The number of nitrogens with zero attached hydrogens (tertiary/aromatic N) is 1. The van der Waals surface area contributed by atoms with Gasteiger partial charge in [-0.1, -0.05) is 97.1 Å². The molecule has 5 aromatic rings. The molecule has 0 spiro atoms. The van der Waals surface area contributed by atoms with Crippen molar-refractivity contribution in [3.8, 4) is 5.75 Å². The highest BCUT2D eigenvalue weighted by Gasteiger charge is 2.44. The van der Waals surface area contributed by atoms with E-state index in [1.807, 2.05) is 35.3 Å². The molecule has 0 aliphatic carbocycles. The zero-order valence-electron chi connectivity index (χ0n) is 27.0. The molecule has 0 bridgehead atoms. The molecule has 0 amide bonds. The van der Waals surface area contributed by atoms with Crippen LogP contribution in [-0.4, -0.2) is 57.3 Å². The van der Waals surface area contributed by atoms with Crippen LogP contribution >= 0.6 is 7.75 Å². The normalized spacial score (nSPS) is 15.7. The summed E-state index contributed by atoms with van der Waals surface area (Å²) in [5, 5.41) is 26.0. The van der Waals surface area contributed by atoms with Crippen LogP contribution in [0.15, 0.2) is 125 Å². The van der Waals surface area contributed by atoms with E-state index in [1.165, 1.54) is 0 Å². The van der Waals surface area contributed by atoms with Gasteiger partial charge in [-0.05, 0) is 29.0 Å². The number of hydrogen-bond donors (Lipinski definition) is 5. The molecule has 5 atom stereocenters. The van der Waals surface area contributed by atoms with Crippen LogP contribution < -0.4 is 26.6 Å². The van der Waals surface area contributed by atoms with Crippen LogP contribution in [0, 0.1) is 0 Å². The van der Waals surface area contributed by atoms with Crippen molar-refractivity contribution in [2.75, 3.05) is 13.7 Å². The van der Waals surface area contributed by atoms with Gasteiger partial charge in [0.1, 0.15) is 31.1 Å². The van der Waals surface area contributed by atoms with E-state index < -0.39 is 55.7 Å². The number of nitrogens with one attached hydrogen (secondary N) is 2. The maximum Gasteiger partial charge on any atom is 0.459 e. The molecule has 1 unspecified atom stereocenters. The largest absolute Gasteiger partial charge is 0.460 e. The first-order valence-electron chi connectivity index (χ1n) is 15.5. The van der Waals surface area contributed by atoms with Crippen LogP contribution in [0.1, 0.15) is 17.4 Å². The van der Waals surface area contributed by atoms with Crippen molar-refractivity contribution < 1.29 is 38.1 Å². The van der Waals surface area contributed by atoms with Gasteiger partial charge < -0.3 is 24.2 Å². The predicted octanol–water partition coefficient (Wildman–Crippen LogP) is 2.99. The van der Waals surface area contributed by atoms with Crippen LogP contribution in [0.25, 0.3) is 10.8 Å². The molecule has 15 heteroatoms. The van der Waals surface area contributed by atoms with Gasteiger partial charge in [-0.3, -0.25) is 29.4 Å². The minimum Gasteiger partial charge on any atom is -0.460 e. The van der Waals surface area contributed by atoms with Crippen molar-refractivity contribution in [2.45, 2.75) is 37.1 Å². The first kappa shape index (κ1) is 36.4. The molecule has 5 rings (SSSR count). The highest BCUT2D eigenvalue weighted by Crippen LogP contribution is 2.48. The fourth-order valence-corrected chi connectivity index (χ4v) is 6.59. The molecule has 0 saturated heterocycles. The van der Waals surface area contributed by atoms with E-state index in [1.54, 1.807) is 72.8 Å². The van der Waals surface area contributed by atoms with Crippen molar-refractivity contribution in [1.82, 2.24) is 14.6 Å². The number of H-pyrrole nitrogens is 1. The van der Waals surface area contributed by atoms with E-state index in [0.29, 0.717) is 15.5 Å². The Hall–Kier alpha value is -4.92. The monoisotopic (exact) mass is 704 g/mol. The number of hydrogen-bond acceptors (Lipinski definition) is 11. The molecule has 0 radical (unpaired) electrons. The Labute approximate surface area is 286 Å². The second kappa shape index (κ2) is 16.2. The third kappa shape index (κ3) is 9.00. The minimum atomic E-state index is -4.68. The maximum atomic E-state index is 14.8. The van der Waals surface area contributed by atoms with Gasteiger partial charge >= 0.3 is 19.4 Å². The molecule has 262 valence electrons. The van der Waals surface area contributed by atoms with Gasteiger partial charge in [-0.2, -0.15) is 5.09 Å². The SMILES string of the molecule is CO[C@](N)(COP(=O)(N[C@@H](Cc1ccccc1)C(=O)OCc1ccccc1)Oc1cccc2ccccc12)[C@@H](O)[C@@H](O)n1ccc(=O)[nH]c1=O. The number of fused-ring (bicyclic) bond motifs is 1. The quantitative estimate of drug-likeness (QED) is 0.0572. The molecule has 0 aliphatic rings. The highest BCUT2D eigenvalue weighted by molar-refractivity contribution is 7.52. The summed E-state index contributed by atoms with van der Waals surface area (Å²) in [6.45, 7) is -0.961. The first-order valence-corrected chi connectivity index (χ1v) is 17.0. The Morgan fingerprint density at radius 2 is 1.56 bits per heavy atom. The molecular weight excluding hydrogens is 667 g/mol. The summed E-state index contributed by atoms with van der Waals surface area (Å²) in [5.74, 6) is -0.628. The average molecular weight is 705 g/mol. The summed E-state index contributed by atoms with van der Waals surface area (Å²) < 4.78 is 38.2. The Balaban J connectivity index is 1.47. The van der Waals surface area contributed by atoms with E-state index in [4.69, 9.17) is 24.3 Å². The standard InChI is InChI=1S/C35H37N4O10P/c1-46-35(36,31(41)32(42)39-20-19-30(40)37-34(39)44)23-48-50(45,49-29-18-10-16-26-15-8-9-17-27(26)29)38-28(21-24-11-4-2-5-12-24)33(43)47-22-25-13-6-3-7-14-25/h2-20,28,31-32,41-42H,21-23,36H2,1H3,(H,38,45)(H,37,40,44)/t28-,31-,32+,35+,50?/m0/s1. The van der Waals surface area contributed by atoms with E-state index >= 15 is 0 Å². The number of aliphatic hydroxyl groups excluding tert-OH is 2. The number of carbonyl (C=O) groups excluding carboxylic acids is 1. The Morgan fingerprint density at radius 1 is 0.920 bits per heavy atom. The van der Waals surface area contributed by atoms with Crippen molar-refractivity contribution in [1.29, 1.82) is 0 Å². The van der Waals surface area contributed by atoms with Crippen LogP contribution in [-0.2, 0) is 36.4 Å². The number of benzene rings is 4. The molecule has 0 saturated carbocycles. The molecule has 0 aliphatic heterocycles. The topological polar surface area (TPSA) is 204 Å². The van der Waals surface area contributed by atoms with Crippen molar-refractivity contribution in [2.24, 2.45) is 5.73 Å². The Morgan fingerprint density at radius 3 is 2.24 bits per heavy atom. The molecule has 1 aromatic heterocycles. The fourth-order valence-electron chi connectivity index (χ4n) is 5.04. The summed E-state index contributed by atoms with van der Waals surface area (Å²) >= 11 is 0. The number of nitrogens with two attached hydrogens (primary N) is 1. The lowest BCUT2D eigenvalue weighted by Gasteiger charge is -2.36. The lowest BCUT2D eigenvalue weighted by atomic mass is 10.1. The summed E-state index contributed by atoms with van der Waals surface area (Å²) in [6, 6.07) is 29.8. The number of aromatic nitrogens is 2. The van der Waals surface area contributed by atoms with E-state index in [9.17, 15) is 29.2 Å². The lowest BCUT2D eigenvalue weighted by Crippen LogP contribution is -2.60. The van der Waals surface area contributed by atoms with Crippen LogP contribution in [0.5, 0.6) is 5.75 Å². The van der Waals surface area contributed by atoms with Gasteiger partial charge in [-0.15, -0.1) is 0 Å². The molecule has 0 fully saturated rings. The zero-order valence-corrected chi connectivity index (χ0v) is 27.8. The summed E-state index contributed by atoms with van der Waals surface area (Å²) in [5.41, 5.74) is 3.68. The lowest BCUT2D eigenvalue weighted by molar-refractivity contribution is -0.175. The summed E-state index contributed by atoms with van der Waals surface area (Å²) in [6.07, 6.45) is -3.16. The molecular formula is C35H37N4O10P. The average Bonchev–Trinajstić information content (AvgIpc) is 3.13. The third-order valence-corrected chi connectivity index (χ3v) is 9.37. The minimum absolute atomic E-state index is 0.00915. The number of esters is 1. The van der Waals surface area contributed by atoms with Crippen molar-refractivity contribution >= 4 is 24.5 Å². The smallest absolute Gasteiger partial charge is 0.459 e. The molecule has 1 heterocycles. The van der Waals surface area contributed by atoms with Crippen LogP contribution in [0.3, 0.4) is 0 Å². The zero-order chi connectivity index (χ0) is 35.7. The maximum absolute atomic E-state index is 14.8. The number of rotatable bonds is 16. The van der Waals surface area contributed by atoms with Crippen LogP contribution in [0.2, 0.25) is 0 Å².